The number of carbonyl (C=O) groups is 2. The highest BCUT2D eigenvalue weighted by Crippen LogP contribution is 2.30. The Morgan fingerprint density at radius 1 is 1.12 bits per heavy atom. The maximum Gasteiger partial charge on any atom is 0.253 e. The fourth-order valence-corrected chi connectivity index (χ4v) is 2.79. The van der Waals surface area contributed by atoms with Crippen molar-refractivity contribution < 1.29 is 14.0 Å². The number of hydrogen-bond donors (Lipinski definition) is 2. The SMILES string of the molecule is CC1=NNC(=O)C(C(=O)Nc2ccc(F)cc2)C1c1ccccc1. The molecule has 0 fully saturated rings. The van der Waals surface area contributed by atoms with Crippen LogP contribution in [0.15, 0.2) is 59.7 Å². The summed E-state index contributed by atoms with van der Waals surface area (Å²) in [6.07, 6.45) is 0. The molecule has 0 saturated carbocycles. The number of hydrogen-bond acceptors (Lipinski definition) is 3. The van der Waals surface area contributed by atoms with Crippen LogP contribution in [-0.2, 0) is 9.59 Å². The zero-order valence-electron chi connectivity index (χ0n) is 13.0. The van der Waals surface area contributed by atoms with Crippen LogP contribution < -0.4 is 10.7 Å². The molecule has 2 unspecified atom stereocenters. The normalized spacial score (nSPS) is 20.1. The third-order valence-electron chi connectivity index (χ3n) is 3.96. The van der Waals surface area contributed by atoms with Crippen LogP contribution in [-0.4, -0.2) is 17.5 Å². The fourth-order valence-electron chi connectivity index (χ4n) is 2.79. The number of nitrogens with zero attached hydrogens (tertiary/aromatic N) is 1. The van der Waals surface area contributed by atoms with Gasteiger partial charge in [0.1, 0.15) is 11.7 Å². The maximum absolute atomic E-state index is 13.0. The molecule has 0 spiro atoms. The second kappa shape index (κ2) is 6.62. The maximum atomic E-state index is 13.0. The van der Waals surface area contributed by atoms with E-state index >= 15 is 0 Å². The standard InChI is InChI=1S/C18H16FN3O2/c1-11-15(12-5-3-2-4-6-12)16(18(24)22-21-11)17(23)20-14-9-7-13(19)8-10-14/h2-10,15-16H,1H3,(H,20,23)(H,22,24). The Morgan fingerprint density at radius 3 is 2.46 bits per heavy atom. The van der Waals surface area contributed by atoms with Gasteiger partial charge in [-0.3, -0.25) is 9.59 Å². The largest absolute Gasteiger partial charge is 0.325 e. The van der Waals surface area contributed by atoms with Crippen molar-refractivity contribution in [3.05, 3.63) is 66.0 Å². The first-order chi connectivity index (χ1) is 11.6. The molecular weight excluding hydrogens is 309 g/mol. The van der Waals surface area contributed by atoms with Gasteiger partial charge in [-0.05, 0) is 36.8 Å². The average molecular weight is 325 g/mol. The second-order valence-electron chi connectivity index (χ2n) is 5.59. The van der Waals surface area contributed by atoms with E-state index in [0.717, 1.165) is 5.56 Å². The van der Waals surface area contributed by atoms with Gasteiger partial charge in [0.2, 0.25) is 5.91 Å². The van der Waals surface area contributed by atoms with Crippen LogP contribution in [0.1, 0.15) is 18.4 Å². The highest BCUT2D eigenvalue weighted by atomic mass is 19.1. The van der Waals surface area contributed by atoms with Gasteiger partial charge in [-0.1, -0.05) is 30.3 Å². The van der Waals surface area contributed by atoms with E-state index in [-0.39, 0.29) is 0 Å². The lowest BCUT2D eigenvalue weighted by molar-refractivity contribution is -0.133. The molecule has 122 valence electrons. The third-order valence-corrected chi connectivity index (χ3v) is 3.96. The van der Waals surface area contributed by atoms with Gasteiger partial charge >= 0.3 is 0 Å². The van der Waals surface area contributed by atoms with Gasteiger partial charge in [-0.25, -0.2) is 9.82 Å². The minimum atomic E-state index is -0.949. The fraction of sp³-hybridized carbons (Fsp3) is 0.167. The Kier molecular flexibility index (Phi) is 4.37. The number of benzene rings is 2. The molecule has 0 aromatic heterocycles. The molecule has 2 atom stereocenters. The van der Waals surface area contributed by atoms with Crippen molar-refractivity contribution in [3.8, 4) is 0 Å². The van der Waals surface area contributed by atoms with Crippen LogP contribution >= 0.6 is 0 Å². The zero-order chi connectivity index (χ0) is 17.1. The lowest BCUT2D eigenvalue weighted by Gasteiger charge is -2.28. The van der Waals surface area contributed by atoms with Gasteiger partial charge in [0.05, 0.1) is 0 Å². The quantitative estimate of drug-likeness (QED) is 0.852. The molecule has 2 aromatic carbocycles. The molecule has 1 heterocycles. The number of nitrogens with one attached hydrogen (secondary N) is 2. The summed E-state index contributed by atoms with van der Waals surface area (Å²) in [5.41, 5.74) is 4.31. The van der Waals surface area contributed by atoms with Gasteiger partial charge in [0.25, 0.3) is 5.91 Å². The molecule has 0 bridgehead atoms. The molecule has 1 aliphatic rings. The van der Waals surface area contributed by atoms with E-state index in [1.807, 2.05) is 30.3 Å². The van der Waals surface area contributed by atoms with Gasteiger partial charge in [0.15, 0.2) is 0 Å². The molecule has 0 aliphatic carbocycles. The van der Waals surface area contributed by atoms with Gasteiger partial charge in [-0.2, -0.15) is 5.10 Å². The van der Waals surface area contributed by atoms with Crippen molar-refractivity contribution >= 4 is 23.2 Å². The predicted octanol–water partition coefficient (Wildman–Crippen LogP) is 2.67. The van der Waals surface area contributed by atoms with Crippen LogP contribution in [0, 0.1) is 11.7 Å². The summed E-state index contributed by atoms with van der Waals surface area (Å²) in [6.45, 7) is 1.77. The summed E-state index contributed by atoms with van der Waals surface area (Å²) in [6, 6.07) is 14.7. The molecule has 2 aromatic rings. The molecule has 1 aliphatic heterocycles. The summed E-state index contributed by atoms with van der Waals surface area (Å²) in [4.78, 5) is 24.9. The van der Waals surface area contributed by atoms with E-state index in [2.05, 4.69) is 15.8 Å². The lowest BCUT2D eigenvalue weighted by Crippen LogP contribution is -2.46. The van der Waals surface area contributed by atoms with Crippen LogP contribution in [0.3, 0.4) is 0 Å². The molecule has 3 rings (SSSR count). The summed E-state index contributed by atoms with van der Waals surface area (Å²) >= 11 is 0. The summed E-state index contributed by atoms with van der Waals surface area (Å²) in [5, 5.41) is 6.68. The molecule has 24 heavy (non-hydrogen) atoms. The molecule has 6 heteroatoms. The molecular formula is C18H16FN3O2. The number of anilines is 1. The lowest BCUT2D eigenvalue weighted by atomic mass is 9.81. The topological polar surface area (TPSA) is 70.6 Å². The van der Waals surface area contributed by atoms with E-state index in [0.29, 0.717) is 11.4 Å². The zero-order valence-corrected chi connectivity index (χ0v) is 13.0. The first-order valence-electron chi connectivity index (χ1n) is 7.51. The summed E-state index contributed by atoms with van der Waals surface area (Å²) < 4.78 is 13.0. The van der Waals surface area contributed by atoms with Crippen LogP contribution in [0.4, 0.5) is 10.1 Å². The van der Waals surface area contributed by atoms with Crippen molar-refractivity contribution in [3.63, 3.8) is 0 Å². The third kappa shape index (κ3) is 3.17. The second-order valence-corrected chi connectivity index (χ2v) is 5.59. The number of amides is 2. The van der Waals surface area contributed by atoms with Crippen LogP contribution in [0.25, 0.3) is 0 Å². The number of carbonyl (C=O) groups excluding carboxylic acids is 2. The highest BCUT2D eigenvalue weighted by molar-refractivity contribution is 6.13. The Balaban J connectivity index is 1.90. The molecule has 0 radical (unpaired) electrons. The predicted molar refractivity (Wildman–Crippen MR) is 89.0 cm³/mol. The van der Waals surface area contributed by atoms with Crippen LogP contribution in [0.5, 0.6) is 0 Å². The van der Waals surface area contributed by atoms with Crippen molar-refractivity contribution in [2.45, 2.75) is 12.8 Å². The van der Waals surface area contributed by atoms with Gasteiger partial charge < -0.3 is 5.32 Å². The van der Waals surface area contributed by atoms with Crippen molar-refractivity contribution in [2.75, 3.05) is 5.32 Å². The van der Waals surface area contributed by atoms with E-state index in [9.17, 15) is 14.0 Å². The van der Waals surface area contributed by atoms with E-state index in [4.69, 9.17) is 0 Å². The minimum Gasteiger partial charge on any atom is -0.325 e. The van der Waals surface area contributed by atoms with Crippen molar-refractivity contribution in [1.29, 1.82) is 0 Å². The molecule has 2 amide bonds. The monoisotopic (exact) mass is 325 g/mol. The summed E-state index contributed by atoms with van der Waals surface area (Å²) in [5.74, 6) is -2.71. The Morgan fingerprint density at radius 2 is 1.79 bits per heavy atom. The Labute approximate surface area is 138 Å². The Bertz CT molecular complexity index is 788. The van der Waals surface area contributed by atoms with E-state index < -0.39 is 29.5 Å². The number of hydrazone groups is 1. The average Bonchev–Trinajstić information content (AvgIpc) is 2.59. The first kappa shape index (κ1) is 15.9. The number of rotatable bonds is 3. The van der Waals surface area contributed by atoms with E-state index in [1.165, 1.54) is 24.3 Å². The molecule has 5 nitrogen and oxygen atoms in total. The van der Waals surface area contributed by atoms with E-state index in [1.54, 1.807) is 6.92 Å². The molecule has 2 N–H and O–H groups in total. The number of halogens is 1. The van der Waals surface area contributed by atoms with Gasteiger partial charge in [0, 0.05) is 17.3 Å². The van der Waals surface area contributed by atoms with Crippen molar-refractivity contribution in [1.82, 2.24) is 5.43 Å². The van der Waals surface area contributed by atoms with Crippen molar-refractivity contribution in [2.24, 2.45) is 11.0 Å². The van der Waals surface area contributed by atoms with Gasteiger partial charge in [-0.15, -0.1) is 0 Å². The summed E-state index contributed by atoms with van der Waals surface area (Å²) in [7, 11) is 0. The minimum absolute atomic E-state index is 0.395. The smallest absolute Gasteiger partial charge is 0.253 e. The highest BCUT2D eigenvalue weighted by Gasteiger charge is 2.40. The Hall–Kier alpha value is -3.02. The molecule has 0 saturated heterocycles. The van der Waals surface area contributed by atoms with Crippen LogP contribution in [0.2, 0.25) is 0 Å². The first-order valence-corrected chi connectivity index (χ1v) is 7.51.